The molecule has 0 fully saturated rings. The molecule has 4 heteroatoms. The topological polar surface area (TPSA) is 52.6 Å². The summed E-state index contributed by atoms with van der Waals surface area (Å²) in [4.78, 5) is 22.6. The first-order valence-electron chi connectivity index (χ1n) is 4.50. The van der Waals surface area contributed by atoms with Crippen molar-refractivity contribution < 1.29 is 19.1 Å². The van der Waals surface area contributed by atoms with Crippen molar-refractivity contribution in [2.45, 2.75) is 13.3 Å². The Hall–Kier alpha value is -1.58. The van der Waals surface area contributed by atoms with Crippen molar-refractivity contribution in [2.75, 3.05) is 14.2 Å². The lowest BCUT2D eigenvalue weighted by Crippen LogP contribution is -2.26. The zero-order valence-corrected chi connectivity index (χ0v) is 9.28. The van der Waals surface area contributed by atoms with E-state index < -0.39 is 17.9 Å². The number of carbonyl (C=O) groups is 2. The predicted octanol–water partition coefficient (Wildman–Crippen LogP) is 1.47. The minimum absolute atomic E-state index is 0.283. The molecule has 0 aliphatic carbocycles. The molecule has 0 spiro atoms. The van der Waals surface area contributed by atoms with Gasteiger partial charge >= 0.3 is 11.9 Å². The zero-order chi connectivity index (χ0) is 11.8. The highest BCUT2D eigenvalue weighted by atomic mass is 16.5. The highest BCUT2D eigenvalue weighted by Crippen LogP contribution is 2.14. The van der Waals surface area contributed by atoms with Gasteiger partial charge in [-0.05, 0) is 13.3 Å². The number of carbonyl (C=O) groups excluding carboxylic acids is 2. The summed E-state index contributed by atoms with van der Waals surface area (Å²) in [6.45, 7) is 5.34. The van der Waals surface area contributed by atoms with E-state index in [0.29, 0.717) is 0 Å². The molecule has 0 aliphatic heterocycles. The fraction of sp³-hybridized carbons (Fsp3) is 0.455. The fourth-order valence-electron chi connectivity index (χ4n) is 1.14. The van der Waals surface area contributed by atoms with E-state index in [1.807, 2.05) is 0 Å². The van der Waals surface area contributed by atoms with Gasteiger partial charge in [-0.1, -0.05) is 24.3 Å². The molecule has 0 amide bonds. The van der Waals surface area contributed by atoms with Gasteiger partial charge in [0.05, 0.1) is 14.2 Å². The second-order valence-electron chi connectivity index (χ2n) is 3.05. The van der Waals surface area contributed by atoms with E-state index in [-0.39, 0.29) is 6.42 Å². The van der Waals surface area contributed by atoms with Crippen molar-refractivity contribution in [3.63, 3.8) is 0 Å². The predicted molar refractivity (Wildman–Crippen MR) is 56.1 cm³/mol. The van der Waals surface area contributed by atoms with Crippen molar-refractivity contribution in [2.24, 2.45) is 5.92 Å². The summed E-state index contributed by atoms with van der Waals surface area (Å²) in [5.41, 5.74) is 0.866. The summed E-state index contributed by atoms with van der Waals surface area (Å²) < 4.78 is 9.04. The van der Waals surface area contributed by atoms with Crippen molar-refractivity contribution in [1.29, 1.82) is 0 Å². The van der Waals surface area contributed by atoms with E-state index in [1.165, 1.54) is 14.2 Å². The molecule has 15 heavy (non-hydrogen) atoms. The summed E-state index contributed by atoms with van der Waals surface area (Å²) in [6, 6.07) is 0. The van der Waals surface area contributed by atoms with Crippen LogP contribution < -0.4 is 0 Å². The molecule has 0 saturated carbocycles. The Kier molecular flexibility index (Phi) is 6.09. The van der Waals surface area contributed by atoms with Crippen molar-refractivity contribution >= 4 is 11.9 Å². The molecule has 4 nitrogen and oxygen atoms in total. The Labute approximate surface area is 89.6 Å². The van der Waals surface area contributed by atoms with Gasteiger partial charge in [-0.25, -0.2) is 0 Å². The van der Waals surface area contributed by atoms with Gasteiger partial charge in [0.15, 0.2) is 5.92 Å². The van der Waals surface area contributed by atoms with Crippen LogP contribution in [-0.2, 0) is 19.1 Å². The Morgan fingerprint density at radius 1 is 1.27 bits per heavy atom. The number of allylic oxidation sites excluding steroid dienone is 3. The summed E-state index contributed by atoms with van der Waals surface area (Å²) >= 11 is 0. The third-order valence-electron chi connectivity index (χ3n) is 1.90. The molecule has 0 saturated heterocycles. The number of rotatable bonds is 5. The second-order valence-corrected chi connectivity index (χ2v) is 3.05. The first kappa shape index (κ1) is 13.4. The van der Waals surface area contributed by atoms with Gasteiger partial charge in [-0.2, -0.15) is 0 Å². The van der Waals surface area contributed by atoms with Crippen molar-refractivity contribution in [1.82, 2.24) is 0 Å². The van der Waals surface area contributed by atoms with Crippen LogP contribution in [0.5, 0.6) is 0 Å². The fourth-order valence-corrected chi connectivity index (χ4v) is 1.14. The molecule has 0 unspecified atom stereocenters. The number of ether oxygens (including phenoxy) is 2. The molecule has 0 aromatic rings. The van der Waals surface area contributed by atoms with E-state index in [9.17, 15) is 9.59 Å². The van der Waals surface area contributed by atoms with E-state index in [4.69, 9.17) is 0 Å². The van der Waals surface area contributed by atoms with Crippen molar-refractivity contribution in [3.05, 3.63) is 24.3 Å². The van der Waals surface area contributed by atoms with Gasteiger partial charge in [0, 0.05) is 0 Å². The summed E-state index contributed by atoms with van der Waals surface area (Å²) in [6.07, 6.45) is 3.62. The Morgan fingerprint density at radius 3 is 2.07 bits per heavy atom. The van der Waals surface area contributed by atoms with Gasteiger partial charge in [0.25, 0.3) is 0 Å². The molecule has 0 rings (SSSR count). The molecule has 0 aromatic carbocycles. The number of hydrogen-bond acceptors (Lipinski definition) is 4. The largest absolute Gasteiger partial charge is 0.468 e. The highest BCUT2D eigenvalue weighted by Gasteiger charge is 2.28. The van der Waals surface area contributed by atoms with Crippen molar-refractivity contribution in [3.8, 4) is 0 Å². The second kappa shape index (κ2) is 6.81. The molecule has 0 heterocycles. The Balaban J connectivity index is 4.65. The SMILES string of the molecule is C=C/C=C(\C)CC(C(=O)OC)C(=O)OC. The first-order valence-corrected chi connectivity index (χ1v) is 4.50. The zero-order valence-electron chi connectivity index (χ0n) is 9.28. The summed E-state index contributed by atoms with van der Waals surface area (Å²) in [5, 5.41) is 0. The van der Waals surface area contributed by atoms with Crippen LogP contribution in [0, 0.1) is 5.92 Å². The minimum Gasteiger partial charge on any atom is -0.468 e. The molecule has 0 N–H and O–H groups in total. The molecule has 0 aromatic heterocycles. The van der Waals surface area contributed by atoms with Gasteiger partial charge in [-0.15, -0.1) is 0 Å². The van der Waals surface area contributed by atoms with E-state index in [2.05, 4.69) is 16.1 Å². The first-order chi connectivity index (χ1) is 7.06. The molecule has 0 atom stereocenters. The number of methoxy groups -OCH3 is 2. The van der Waals surface area contributed by atoms with Gasteiger partial charge in [-0.3, -0.25) is 9.59 Å². The average molecular weight is 212 g/mol. The molecule has 0 aliphatic rings. The highest BCUT2D eigenvalue weighted by molar-refractivity contribution is 5.95. The summed E-state index contributed by atoms with van der Waals surface area (Å²) in [7, 11) is 2.48. The van der Waals surface area contributed by atoms with E-state index >= 15 is 0 Å². The smallest absolute Gasteiger partial charge is 0.320 e. The Morgan fingerprint density at radius 2 is 1.73 bits per heavy atom. The minimum atomic E-state index is -0.892. The maximum atomic E-state index is 11.3. The molecule has 0 bridgehead atoms. The average Bonchev–Trinajstić information content (AvgIpc) is 2.24. The maximum Gasteiger partial charge on any atom is 0.320 e. The third-order valence-corrected chi connectivity index (χ3v) is 1.90. The molecular formula is C11H16O4. The quantitative estimate of drug-likeness (QED) is 0.393. The monoisotopic (exact) mass is 212 g/mol. The van der Waals surface area contributed by atoms with E-state index in [0.717, 1.165) is 5.57 Å². The van der Waals surface area contributed by atoms with Crippen LogP contribution in [0.1, 0.15) is 13.3 Å². The summed E-state index contributed by atoms with van der Waals surface area (Å²) in [5.74, 6) is -2.06. The van der Waals surface area contributed by atoms with Gasteiger partial charge < -0.3 is 9.47 Å². The molecule has 0 radical (unpaired) electrons. The maximum absolute atomic E-state index is 11.3. The molecule has 84 valence electrons. The third kappa shape index (κ3) is 4.44. The van der Waals surface area contributed by atoms with Crippen LogP contribution in [-0.4, -0.2) is 26.2 Å². The van der Waals surface area contributed by atoms with Crippen LogP contribution in [0.25, 0.3) is 0 Å². The van der Waals surface area contributed by atoms with Crippen LogP contribution in [0.2, 0.25) is 0 Å². The van der Waals surface area contributed by atoms with Crippen LogP contribution in [0.3, 0.4) is 0 Å². The van der Waals surface area contributed by atoms with Crippen LogP contribution in [0.15, 0.2) is 24.3 Å². The van der Waals surface area contributed by atoms with Gasteiger partial charge in [0.2, 0.25) is 0 Å². The van der Waals surface area contributed by atoms with Gasteiger partial charge in [0.1, 0.15) is 0 Å². The number of hydrogen-bond donors (Lipinski definition) is 0. The van der Waals surface area contributed by atoms with E-state index in [1.54, 1.807) is 19.1 Å². The lowest BCUT2D eigenvalue weighted by Gasteiger charge is -2.12. The van der Waals surface area contributed by atoms with Crippen LogP contribution >= 0.6 is 0 Å². The normalized spacial score (nSPS) is 11.1. The lowest BCUT2D eigenvalue weighted by molar-refractivity contribution is -0.158. The van der Waals surface area contributed by atoms with Crippen LogP contribution in [0.4, 0.5) is 0 Å². The number of esters is 2. The Bertz CT molecular complexity index is 262. The standard InChI is InChI=1S/C11H16O4/c1-5-6-8(2)7-9(10(12)14-3)11(13)15-4/h5-6,9H,1,7H2,2-4H3/b8-6+. The lowest BCUT2D eigenvalue weighted by atomic mass is 10.0. The molecular weight excluding hydrogens is 196 g/mol.